The average molecular weight is 483 g/mol. The Bertz CT molecular complexity index is 1570. The molecule has 5 aromatic rings. The number of rotatable bonds is 5. The van der Waals surface area contributed by atoms with Gasteiger partial charge in [-0.05, 0) is 55.8 Å². The second-order valence-corrected chi connectivity index (χ2v) is 8.94. The lowest BCUT2D eigenvalue weighted by Crippen LogP contribution is -2.26. The maximum Gasteiger partial charge on any atom is 0.275 e. The summed E-state index contributed by atoms with van der Waals surface area (Å²) in [5.41, 5.74) is 3.77. The van der Waals surface area contributed by atoms with Gasteiger partial charge in [-0.3, -0.25) is 19.0 Å². The fraction of sp³-hybridized carbons (Fsp3) is 0.172. The standard InChI is InChI=1S/C29H27FN4O2/c1-19-25(28(35)33(31(19)3)23-14-7-5-8-15-23)27(21-12-11-13-22(30)18-21)26-20(2)32(4)34(29(26)36)24-16-9-6-10-17-24/h5-18,27H,1-4H3. The Hall–Kier alpha value is -4.39. The first-order chi connectivity index (χ1) is 17.3. The molecular weight excluding hydrogens is 455 g/mol. The third kappa shape index (κ3) is 3.64. The zero-order chi connectivity index (χ0) is 25.6. The molecule has 36 heavy (non-hydrogen) atoms. The maximum atomic E-state index is 14.5. The smallest absolute Gasteiger partial charge is 0.275 e. The van der Waals surface area contributed by atoms with Crippen LogP contribution in [0.1, 0.15) is 34.0 Å². The van der Waals surface area contributed by atoms with Crippen LogP contribution in [-0.2, 0) is 14.1 Å². The molecule has 0 aliphatic carbocycles. The van der Waals surface area contributed by atoms with Gasteiger partial charge in [-0.1, -0.05) is 48.5 Å². The van der Waals surface area contributed by atoms with Crippen molar-refractivity contribution >= 4 is 0 Å². The predicted molar refractivity (Wildman–Crippen MR) is 139 cm³/mol. The first kappa shape index (κ1) is 23.4. The Morgan fingerprint density at radius 2 is 1.08 bits per heavy atom. The number of aromatic nitrogens is 4. The summed E-state index contributed by atoms with van der Waals surface area (Å²) >= 11 is 0. The molecule has 0 spiro atoms. The molecule has 2 heterocycles. The number of nitrogens with zero attached hydrogens (tertiary/aromatic N) is 4. The SMILES string of the molecule is Cc1c(C(c2cccc(F)c2)c2c(C)n(C)n(-c3ccccc3)c2=O)c(=O)n(-c2ccccc2)n1C. The minimum atomic E-state index is -0.756. The normalized spacial score (nSPS) is 11.4. The van der Waals surface area contributed by atoms with E-state index >= 15 is 0 Å². The monoisotopic (exact) mass is 482 g/mol. The van der Waals surface area contributed by atoms with Crippen LogP contribution in [0.25, 0.3) is 11.4 Å². The highest BCUT2D eigenvalue weighted by molar-refractivity contribution is 5.48. The highest BCUT2D eigenvalue weighted by Crippen LogP contribution is 2.33. The number of benzene rings is 3. The van der Waals surface area contributed by atoms with Crippen LogP contribution in [0.3, 0.4) is 0 Å². The van der Waals surface area contributed by atoms with E-state index in [1.165, 1.54) is 12.1 Å². The van der Waals surface area contributed by atoms with Gasteiger partial charge in [0.2, 0.25) is 0 Å². The first-order valence-electron chi connectivity index (χ1n) is 11.7. The number of hydrogen-bond donors (Lipinski definition) is 0. The van der Waals surface area contributed by atoms with Gasteiger partial charge in [0.1, 0.15) is 5.82 Å². The van der Waals surface area contributed by atoms with Crippen LogP contribution in [0.15, 0.2) is 94.5 Å². The first-order valence-corrected chi connectivity index (χ1v) is 11.7. The zero-order valence-corrected chi connectivity index (χ0v) is 20.6. The van der Waals surface area contributed by atoms with Gasteiger partial charge in [0.15, 0.2) is 0 Å². The van der Waals surface area contributed by atoms with Crippen LogP contribution >= 0.6 is 0 Å². The summed E-state index contributed by atoms with van der Waals surface area (Å²) in [5.74, 6) is -1.18. The van der Waals surface area contributed by atoms with E-state index in [1.54, 1.807) is 30.9 Å². The van der Waals surface area contributed by atoms with Gasteiger partial charge >= 0.3 is 0 Å². The van der Waals surface area contributed by atoms with Crippen molar-refractivity contribution in [3.8, 4) is 11.4 Å². The molecule has 182 valence electrons. The largest absolute Gasteiger partial charge is 0.285 e. The van der Waals surface area contributed by atoms with Gasteiger partial charge in [0.05, 0.1) is 22.5 Å². The minimum absolute atomic E-state index is 0.246. The summed E-state index contributed by atoms with van der Waals surface area (Å²) in [6, 6.07) is 24.8. The van der Waals surface area contributed by atoms with E-state index in [0.717, 1.165) is 0 Å². The van der Waals surface area contributed by atoms with E-state index in [9.17, 15) is 14.0 Å². The zero-order valence-electron chi connectivity index (χ0n) is 20.6. The van der Waals surface area contributed by atoms with Crippen molar-refractivity contribution in [3.05, 3.63) is 140 Å². The fourth-order valence-electron chi connectivity index (χ4n) is 5.01. The van der Waals surface area contributed by atoms with Gasteiger partial charge in [-0.25, -0.2) is 13.8 Å². The molecule has 6 nitrogen and oxygen atoms in total. The molecule has 2 aromatic heterocycles. The summed E-state index contributed by atoms with van der Waals surface area (Å²) in [7, 11) is 3.63. The Morgan fingerprint density at radius 3 is 1.50 bits per heavy atom. The number of para-hydroxylation sites is 2. The van der Waals surface area contributed by atoms with Crippen molar-refractivity contribution in [2.24, 2.45) is 14.1 Å². The number of hydrogen-bond acceptors (Lipinski definition) is 2. The molecule has 0 saturated heterocycles. The highest BCUT2D eigenvalue weighted by Gasteiger charge is 2.32. The van der Waals surface area contributed by atoms with Gasteiger partial charge in [-0.15, -0.1) is 0 Å². The lowest BCUT2D eigenvalue weighted by molar-refractivity contribution is 0.624. The maximum absolute atomic E-state index is 14.5. The Morgan fingerprint density at radius 1 is 0.639 bits per heavy atom. The lowest BCUT2D eigenvalue weighted by atomic mass is 9.85. The van der Waals surface area contributed by atoms with Crippen molar-refractivity contribution in [1.29, 1.82) is 0 Å². The molecule has 0 radical (unpaired) electrons. The predicted octanol–water partition coefficient (Wildman–Crippen LogP) is 4.60. The van der Waals surface area contributed by atoms with Crippen molar-refractivity contribution in [2.45, 2.75) is 19.8 Å². The van der Waals surface area contributed by atoms with Gasteiger partial charge in [0.25, 0.3) is 11.1 Å². The van der Waals surface area contributed by atoms with Crippen LogP contribution < -0.4 is 11.1 Å². The van der Waals surface area contributed by atoms with Crippen LogP contribution in [0.4, 0.5) is 4.39 Å². The van der Waals surface area contributed by atoms with Crippen LogP contribution in [-0.4, -0.2) is 18.7 Å². The van der Waals surface area contributed by atoms with Crippen LogP contribution in [0, 0.1) is 19.7 Å². The fourth-order valence-corrected chi connectivity index (χ4v) is 5.01. The molecule has 0 atom stereocenters. The summed E-state index contributed by atoms with van der Waals surface area (Å²) in [6.45, 7) is 3.72. The Balaban J connectivity index is 1.85. The second kappa shape index (κ2) is 9.00. The molecule has 0 aliphatic heterocycles. The molecule has 0 fully saturated rings. The summed E-state index contributed by atoms with van der Waals surface area (Å²) in [6.07, 6.45) is 0. The van der Waals surface area contributed by atoms with E-state index in [4.69, 9.17) is 0 Å². The van der Waals surface area contributed by atoms with Crippen molar-refractivity contribution in [3.63, 3.8) is 0 Å². The average Bonchev–Trinajstić information content (AvgIpc) is 3.24. The molecule has 0 bridgehead atoms. The van der Waals surface area contributed by atoms with Gasteiger partial charge < -0.3 is 0 Å². The van der Waals surface area contributed by atoms with Crippen LogP contribution in [0.2, 0.25) is 0 Å². The van der Waals surface area contributed by atoms with Gasteiger partial charge in [-0.2, -0.15) is 0 Å². The molecule has 3 aromatic carbocycles. The molecule has 5 rings (SSSR count). The van der Waals surface area contributed by atoms with E-state index in [1.807, 2.05) is 88.6 Å². The van der Waals surface area contributed by atoms with E-state index < -0.39 is 11.7 Å². The molecular formula is C29H27FN4O2. The minimum Gasteiger partial charge on any atom is -0.285 e. The third-order valence-corrected chi connectivity index (χ3v) is 6.96. The molecule has 0 saturated carbocycles. The molecule has 0 N–H and O–H groups in total. The second-order valence-electron chi connectivity index (χ2n) is 8.94. The molecule has 0 aliphatic rings. The van der Waals surface area contributed by atoms with Gasteiger partial charge in [0, 0.05) is 31.4 Å². The molecule has 7 heteroatoms. The van der Waals surface area contributed by atoms with Crippen LogP contribution in [0.5, 0.6) is 0 Å². The lowest BCUT2D eigenvalue weighted by Gasteiger charge is -2.16. The Kier molecular flexibility index (Phi) is 5.84. The topological polar surface area (TPSA) is 53.9 Å². The number of halogens is 1. The summed E-state index contributed by atoms with van der Waals surface area (Å²) in [4.78, 5) is 28.0. The van der Waals surface area contributed by atoms with E-state index in [2.05, 4.69) is 0 Å². The van der Waals surface area contributed by atoms with Crippen molar-refractivity contribution < 1.29 is 4.39 Å². The van der Waals surface area contributed by atoms with E-state index in [-0.39, 0.29) is 11.1 Å². The van der Waals surface area contributed by atoms with Crippen molar-refractivity contribution in [2.75, 3.05) is 0 Å². The van der Waals surface area contributed by atoms with E-state index in [0.29, 0.717) is 39.5 Å². The third-order valence-electron chi connectivity index (χ3n) is 6.96. The Labute approximate surface area is 208 Å². The molecule has 0 amide bonds. The quantitative estimate of drug-likeness (QED) is 0.368. The molecule has 0 unspecified atom stereocenters. The highest BCUT2D eigenvalue weighted by atomic mass is 19.1. The van der Waals surface area contributed by atoms with Crippen molar-refractivity contribution in [1.82, 2.24) is 18.7 Å². The summed E-state index contributed by atoms with van der Waals surface area (Å²) < 4.78 is 21.2. The summed E-state index contributed by atoms with van der Waals surface area (Å²) in [5, 5.41) is 0.